The van der Waals surface area contributed by atoms with Gasteiger partial charge in [0.15, 0.2) is 0 Å². The van der Waals surface area contributed by atoms with Crippen LogP contribution in [-0.4, -0.2) is 22.6 Å². The van der Waals surface area contributed by atoms with Crippen molar-refractivity contribution in [2.45, 2.75) is 47.0 Å². The van der Waals surface area contributed by atoms with Crippen LogP contribution in [0.4, 0.5) is 5.69 Å². The summed E-state index contributed by atoms with van der Waals surface area (Å²) < 4.78 is 0. The number of hydrogen-bond donors (Lipinski definition) is 2. The molecule has 1 aromatic rings. The Morgan fingerprint density at radius 2 is 2.05 bits per heavy atom. The van der Waals surface area contributed by atoms with E-state index < -0.39 is 5.97 Å². The topological polar surface area (TPSA) is 62.2 Å². The number of anilines is 1. The fourth-order valence-corrected chi connectivity index (χ4v) is 2.14. The van der Waals surface area contributed by atoms with E-state index in [1.807, 2.05) is 6.92 Å². The second kappa shape index (κ2) is 7.12. The third-order valence-electron chi connectivity index (χ3n) is 3.07. The molecular formula is C15H24N2O2. The SMILES string of the molecule is Cc1cc(NCCCCC(C)C)c(C(=O)O)c(C)n1. The molecule has 0 atom stereocenters. The smallest absolute Gasteiger partial charge is 0.339 e. The van der Waals surface area contributed by atoms with Crippen molar-refractivity contribution in [1.82, 2.24) is 4.98 Å². The molecule has 1 rings (SSSR count). The van der Waals surface area contributed by atoms with Gasteiger partial charge >= 0.3 is 5.97 Å². The quantitative estimate of drug-likeness (QED) is 0.738. The van der Waals surface area contributed by atoms with Crippen LogP contribution in [0.2, 0.25) is 0 Å². The molecule has 4 heteroatoms. The van der Waals surface area contributed by atoms with Crippen LogP contribution in [0.5, 0.6) is 0 Å². The predicted molar refractivity (Wildman–Crippen MR) is 77.8 cm³/mol. The summed E-state index contributed by atoms with van der Waals surface area (Å²) in [5.74, 6) is -0.199. The second-order valence-corrected chi connectivity index (χ2v) is 5.39. The number of aromatic nitrogens is 1. The van der Waals surface area contributed by atoms with Crippen LogP contribution in [0.3, 0.4) is 0 Å². The molecule has 1 heterocycles. The Bertz CT molecular complexity index is 442. The summed E-state index contributed by atoms with van der Waals surface area (Å²) in [6, 6.07) is 1.80. The van der Waals surface area contributed by atoms with Gasteiger partial charge in [-0.3, -0.25) is 4.98 Å². The van der Waals surface area contributed by atoms with Crippen LogP contribution in [0.1, 0.15) is 54.9 Å². The summed E-state index contributed by atoms with van der Waals surface area (Å²) in [7, 11) is 0. The van der Waals surface area contributed by atoms with Crippen LogP contribution in [0.15, 0.2) is 6.07 Å². The number of carboxylic acid groups (broad SMARTS) is 1. The minimum atomic E-state index is -0.922. The first-order valence-corrected chi connectivity index (χ1v) is 6.87. The molecule has 0 radical (unpaired) electrons. The Kier molecular flexibility index (Phi) is 5.80. The highest BCUT2D eigenvalue weighted by Gasteiger charge is 2.14. The van der Waals surface area contributed by atoms with Gasteiger partial charge in [0.05, 0.1) is 11.4 Å². The van der Waals surface area contributed by atoms with Crippen LogP contribution in [-0.2, 0) is 0 Å². The van der Waals surface area contributed by atoms with Crippen molar-refractivity contribution in [2.24, 2.45) is 5.92 Å². The molecule has 19 heavy (non-hydrogen) atoms. The zero-order valence-corrected chi connectivity index (χ0v) is 12.3. The first-order chi connectivity index (χ1) is 8.91. The number of aryl methyl sites for hydroxylation is 2. The molecule has 4 nitrogen and oxygen atoms in total. The van der Waals surface area contributed by atoms with E-state index in [-0.39, 0.29) is 5.56 Å². The highest BCUT2D eigenvalue weighted by atomic mass is 16.4. The maximum Gasteiger partial charge on any atom is 0.339 e. The van der Waals surface area contributed by atoms with E-state index >= 15 is 0 Å². The molecule has 0 saturated carbocycles. The standard InChI is InChI=1S/C15H24N2O2/c1-10(2)7-5-6-8-16-13-9-11(3)17-12(4)14(13)15(18)19/h9-10H,5-8H2,1-4H3,(H,16,17)(H,18,19). The number of pyridine rings is 1. The third kappa shape index (κ3) is 4.89. The number of carbonyl (C=O) groups is 1. The minimum absolute atomic E-state index is 0.287. The number of carboxylic acids is 1. The van der Waals surface area contributed by atoms with E-state index in [2.05, 4.69) is 24.1 Å². The van der Waals surface area contributed by atoms with Gasteiger partial charge in [0, 0.05) is 12.2 Å². The Hall–Kier alpha value is -1.58. The fraction of sp³-hybridized carbons (Fsp3) is 0.600. The molecule has 106 valence electrons. The van der Waals surface area contributed by atoms with Crippen molar-refractivity contribution in [3.63, 3.8) is 0 Å². The van der Waals surface area contributed by atoms with E-state index in [9.17, 15) is 9.90 Å². The number of hydrogen-bond acceptors (Lipinski definition) is 3. The van der Waals surface area contributed by atoms with Gasteiger partial charge in [0.2, 0.25) is 0 Å². The summed E-state index contributed by atoms with van der Waals surface area (Å²) >= 11 is 0. The van der Waals surface area contributed by atoms with E-state index in [1.54, 1.807) is 13.0 Å². The Morgan fingerprint density at radius 3 is 2.63 bits per heavy atom. The van der Waals surface area contributed by atoms with Crippen LogP contribution < -0.4 is 5.32 Å². The van der Waals surface area contributed by atoms with Gasteiger partial charge < -0.3 is 10.4 Å². The molecule has 0 amide bonds. The molecule has 0 aliphatic heterocycles. The number of nitrogens with zero attached hydrogens (tertiary/aromatic N) is 1. The van der Waals surface area contributed by atoms with Crippen molar-refractivity contribution < 1.29 is 9.90 Å². The van der Waals surface area contributed by atoms with Gasteiger partial charge in [0.1, 0.15) is 5.56 Å². The van der Waals surface area contributed by atoms with Gasteiger partial charge in [-0.05, 0) is 32.3 Å². The zero-order chi connectivity index (χ0) is 14.4. The molecule has 0 aliphatic carbocycles. The summed E-state index contributed by atoms with van der Waals surface area (Å²) in [6.45, 7) is 8.84. The third-order valence-corrected chi connectivity index (χ3v) is 3.07. The molecular weight excluding hydrogens is 240 g/mol. The van der Waals surface area contributed by atoms with Crippen molar-refractivity contribution in [1.29, 1.82) is 0 Å². The Labute approximate surface area is 115 Å². The maximum atomic E-state index is 11.3. The van der Waals surface area contributed by atoms with Crippen molar-refractivity contribution >= 4 is 11.7 Å². The molecule has 0 fully saturated rings. The van der Waals surface area contributed by atoms with E-state index in [0.717, 1.165) is 31.0 Å². The van der Waals surface area contributed by atoms with E-state index in [0.29, 0.717) is 11.4 Å². The lowest BCUT2D eigenvalue weighted by molar-refractivity contribution is 0.0696. The van der Waals surface area contributed by atoms with Crippen molar-refractivity contribution in [3.05, 3.63) is 23.0 Å². The molecule has 0 bridgehead atoms. The minimum Gasteiger partial charge on any atom is -0.478 e. The Morgan fingerprint density at radius 1 is 1.37 bits per heavy atom. The lowest BCUT2D eigenvalue weighted by Crippen LogP contribution is -2.11. The van der Waals surface area contributed by atoms with E-state index in [1.165, 1.54) is 6.42 Å². The molecule has 0 unspecified atom stereocenters. The lowest BCUT2D eigenvalue weighted by atomic mass is 10.1. The van der Waals surface area contributed by atoms with Gasteiger partial charge in [-0.1, -0.05) is 26.7 Å². The first-order valence-electron chi connectivity index (χ1n) is 6.87. The molecule has 0 saturated heterocycles. The van der Waals surface area contributed by atoms with Crippen molar-refractivity contribution in [2.75, 3.05) is 11.9 Å². The predicted octanol–water partition coefficient (Wildman–Crippen LogP) is 3.63. The zero-order valence-electron chi connectivity index (χ0n) is 12.3. The molecule has 1 aromatic heterocycles. The highest BCUT2D eigenvalue weighted by Crippen LogP contribution is 2.20. The number of nitrogens with one attached hydrogen (secondary N) is 1. The summed E-state index contributed by atoms with van der Waals surface area (Å²) in [5.41, 5.74) is 2.38. The van der Waals surface area contributed by atoms with Crippen molar-refractivity contribution in [3.8, 4) is 0 Å². The maximum absolute atomic E-state index is 11.3. The van der Waals surface area contributed by atoms with Crippen LogP contribution >= 0.6 is 0 Å². The molecule has 0 aliphatic rings. The second-order valence-electron chi connectivity index (χ2n) is 5.39. The highest BCUT2D eigenvalue weighted by molar-refractivity contribution is 5.95. The number of rotatable bonds is 7. The van der Waals surface area contributed by atoms with E-state index in [4.69, 9.17) is 0 Å². The normalized spacial score (nSPS) is 10.8. The Balaban J connectivity index is 2.64. The molecule has 2 N–H and O–H groups in total. The van der Waals surface area contributed by atoms with Crippen LogP contribution in [0, 0.1) is 19.8 Å². The summed E-state index contributed by atoms with van der Waals surface area (Å²) in [5, 5.41) is 12.5. The van der Waals surface area contributed by atoms with Gasteiger partial charge in [0.25, 0.3) is 0 Å². The average molecular weight is 264 g/mol. The van der Waals surface area contributed by atoms with Crippen LogP contribution in [0.25, 0.3) is 0 Å². The first kappa shape index (κ1) is 15.5. The molecule has 0 aromatic carbocycles. The number of unbranched alkanes of at least 4 members (excludes halogenated alkanes) is 1. The van der Waals surface area contributed by atoms with Gasteiger partial charge in [-0.25, -0.2) is 4.79 Å². The van der Waals surface area contributed by atoms with Gasteiger partial charge in [-0.2, -0.15) is 0 Å². The molecule has 0 spiro atoms. The average Bonchev–Trinajstić information content (AvgIpc) is 2.26. The summed E-state index contributed by atoms with van der Waals surface area (Å²) in [4.78, 5) is 15.5. The fourth-order valence-electron chi connectivity index (χ4n) is 2.14. The largest absolute Gasteiger partial charge is 0.478 e. The number of aromatic carboxylic acids is 1. The van der Waals surface area contributed by atoms with Gasteiger partial charge in [-0.15, -0.1) is 0 Å². The lowest BCUT2D eigenvalue weighted by Gasteiger charge is -2.12. The monoisotopic (exact) mass is 264 g/mol. The summed E-state index contributed by atoms with van der Waals surface area (Å²) in [6.07, 6.45) is 3.43.